The molecule has 5 heteroatoms. The number of halogens is 1. The van der Waals surface area contributed by atoms with Crippen LogP contribution in [0, 0.1) is 0 Å². The molecule has 0 spiro atoms. The quantitative estimate of drug-likeness (QED) is 0.680. The Morgan fingerprint density at radius 3 is 3.10 bits per heavy atom. The lowest BCUT2D eigenvalue weighted by molar-refractivity contribution is -0.130. The summed E-state index contributed by atoms with van der Waals surface area (Å²) in [6.45, 7) is 0. The highest BCUT2D eigenvalue weighted by atomic mass is 127. The van der Waals surface area contributed by atoms with Crippen molar-refractivity contribution >= 4 is 28.9 Å². The van der Waals surface area contributed by atoms with E-state index in [2.05, 4.69) is 5.43 Å². The van der Waals surface area contributed by atoms with E-state index in [1.807, 2.05) is 0 Å². The van der Waals surface area contributed by atoms with Gasteiger partial charge < -0.3 is 0 Å². The van der Waals surface area contributed by atoms with E-state index in [4.69, 9.17) is 3.07 Å². The van der Waals surface area contributed by atoms with E-state index in [1.54, 1.807) is 36.1 Å². The first-order valence-electron chi connectivity index (χ1n) is 2.73. The lowest BCUT2D eigenvalue weighted by atomic mass is 10.4. The van der Waals surface area contributed by atoms with Crippen molar-refractivity contribution in [3.8, 4) is 0 Å². The van der Waals surface area contributed by atoms with E-state index in [0.717, 1.165) is 0 Å². The molecule has 1 heterocycles. The van der Waals surface area contributed by atoms with Gasteiger partial charge in [-0.15, -0.1) is 0 Å². The molecule has 1 unspecified atom stereocenters. The second kappa shape index (κ2) is 3.31. The molecule has 0 radical (unpaired) electrons. The third kappa shape index (κ3) is 1.68. The maximum absolute atomic E-state index is 10.8. The Hall–Kier alpha value is -0.140. The van der Waals surface area contributed by atoms with E-state index in [9.17, 15) is 4.79 Å². The summed E-state index contributed by atoms with van der Waals surface area (Å²) in [5, 5.41) is 1.38. The molecule has 1 amide bonds. The number of hydrogen-bond acceptors (Lipinski definition) is 3. The predicted molar refractivity (Wildman–Crippen MR) is 43.9 cm³/mol. The van der Waals surface area contributed by atoms with Gasteiger partial charge in [-0.2, -0.15) is 5.43 Å². The van der Waals surface area contributed by atoms with Gasteiger partial charge in [0.25, 0.3) is 5.91 Å². The summed E-state index contributed by atoms with van der Waals surface area (Å²) in [7, 11) is 1.65. The standard InChI is InChI=1S/C5H7IN2O2/c1-8-5(9)3-2-4(7-8)10-6/h2-4,7H,1H3. The molecule has 0 aromatic rings. The van der Waals surface area contributed by atoms with Gasteiger partial charge in [-0.1, -0.05) is 0 Å². The van der Waals surface area contributed by atoms with E-state index in [-0.39, 0.29) is 12.1 Å². The van der Waals surface area contributed by atoms with Gasteiger partial charge in [0.2, 0.25) is 0 Å². The van der Waals surface area contributed by atoms with Gasteiger partial charge in [0.15, 0.2) is 6.23 Å². The monoisotopic (exact) mass is 254 g/mol. The molecule has 1 aliphatic rings. The summed E-state index contributed by atoms with van der Waals surface area (Å²) in [6, 6.07) is 0. The second-order valence-corrected chi connectivity index (χ2v) is 2.40. The van der Waals surface area contributed by atoms with E-state index < -0.39 is 0 Å². The van der Waals surface area contributed by atoms with Crippen LogP contribution in [0.1, 0.15) is 0 Å². The largest absolute Gasteiger partial charge is 0.291 e. The van der Waals surface area contributed by atoms with Crippen LogP contribution in [-0.2, 0) is 7.86 Å². The van der Waals surface area contributed by atoms with Crippen LogP contribution in [0.3, 0.4) is 0 Å². The molecule has 0 bridgehead atoms. The van der Waals surface area contributed by atoms with Crippen molar-refractivity contribution in [2.24, 2.45) is 0 Å². The van der Waals surface area contributed by atoms with Gasteiger partial charge in [0.1, 0.15) is 23.0 Å². The summed E-state index contributed by atoms with van der Waals surface area (Å²) in [5.41, 5.74) is 2.78. The molecule has 1 N–H and O–H groups in total. The Labute approximate surface area is 72.9 Å². The van der Waals surface area contributed by atoms with E-state index >= 15 is 0 Å². The fraction of sp³-hybridized carbons (Fsp3) is 0.400. The number of nitrogens with zero attached hydrogens (tertiary/aromatic N) is 1. The molecular formula is C5H7IN2O2. The van der Waals surface area contributed by atoms with Crippen molar-refractivity contribution in [2.75, 3.05) is 7.05 Å². The van der Waals surface area contributed by atoms with Crippen LogP contribution in [0.4, 0.5) is 0 Å². The Balaban J connectivity index is 2.59. The van der Waals surface area contributed by atoms with Gasteiger partial charge in [-0.3, -0.25) is 12.9 Å². The van der Waals surface area contributed by atoms with Crippen LogP contribution in [0.5, 0.6) is 0 Å². The maximum atomic E-state index is 10.8. The maximum Gasteiger partial charge on any atom is 0.260 e. The van der Waals surface area contributed by atoms with E-state index in [0.29, 0.717) is 0 Å². The Morgan fingerprint density at radius 2 is 2.60 bits per heavy atom. The highest BCUT2D eigenvalue weighted by Gasteiger charge is 2.15. The average molecular weight is 254 g/mol. The number of carbonyl (C=O) groups is 1. The van der Waals surface area contributed by atoms with Crippen molar-refractivity contribution in [3.63, 3.8) is 0 Å². The Kier molecular flexibility index (Phi) is 2.64. The molecule has 0 aromatic heterocycles. The summed E-state index contributed by atoms with van der Waals surface area (Å²) >= 11 is 1.77. The zero-order valence-corrected chi connectivity index (χ0v) is 7.53. The van der Waals surface area contributed by atoms with Crippen molar-refractivity contribution < 1.29 is 7.86 Å². The summed E-state index contributed by atoms with van der Waals surface area (Å²) in [4.78, 5) is 10.8. The minimum Gasteiger partial charge on any atom is -0.291 e. The summed E-state index contributed by atoms with van der Waals surface area (Å²) < 4.78 is 4.89. The van der Waals surface area contributed by atoms with Crippen LogP contribution in [0.25, 0.3) is 0 Å². The van der Waals surface area contributed by atoms with Crippen LogP contribution in [0.2, 0.25) is 0 Å². The Morgan fingerprint density at radius 1 is 1.90 bits per heavy atom. The van der Waals surface area contributed by atoms with Gasteiger partial charge in [-0.25, -0.2) is 0 Å². The van der Waals surface area contributed by atoms with Crippen molar-refractivity contribution in [2.45, 2.75) is 6.23 Å². The number of amides is 1. The fourth-order valence-corrected chi connectivity index (χ4v) is 0.912. The minimum atomic E-state index is -0.191. The van der Waals surface area contributed by atoms with Crippen LogP contribution in [-0.4, -0.2) is 24.2 Å². The molecule has 10 heavy (non-hydrogen) atoms. The third-order valence-corrected chi connectivity index (χ3v) is 1.71. The first-order chi connectivity index (χ1) is 4.74. The highest BCUT2D eigenvalue weighted by molar-refractivity contribution is 14.1. The SMILES string of the molecule is CN1NC(OI)C=CC1=O. The number of hydrogen-bond donors (Lipinski definition) is 1. The third-order valence-electron chi connectivity index (χ3n) is 1.16. The van der Waals surface area contributed by atoms with Crippen LogP contribution < -0.4 is 5.43 Å². The number of hydrazine groups is 1. The van der Waals surface area contributed by atoms with Crippen LogP contribution >= 0.6 is 23.0 Å². The molecule has 0 saturated heterocycles. The zero-order chi connectivity index (χ0) is 7.56. The van der Waals surface area contributed by atoms with Crippen molar-refractivity contribution in [1.29, 1.82) is 0 Å². The van der Waals surface area contributed by atoms with Gasteiger partial charge in [0, 0.05) is 13.1 Å². The number of likely N-dealkylation sites (N-methyl/N-ethyl adjacent to an activating group) is 1. The lowest BCUT2D eigenvalue weighted by Crippen LogP contribution is -2.47. The molecule has 0 fully saturated rings. The highest BCUT2D eigenvalue weighted by Crippen LogP contribution is 2.02. The summed E-state index contributed by atoms with van der Waals surface area (Å²) in [6.07, 6.45) is 2.94. The minimum absolute atomic E-state index is 0.0651. The van der Waals surface area contributed by atoms with Gasteiger partial charge >= 0.3 is 0 Å². The predicted octanol–water partition coefficient (Wildman–Crippen LogP) is 0.212. The van der Waals surface area contributed by atoms with Crippen molar-refractivity contribution in [1.82, 2.24) is 10.4 Å². The number of carbonyl (C=O) groups excluding carboxylic acids is 1. The number of nitrogens with one attached hydrogen (secondary N) is 1. The number of rotatable bonds is 1. The first kappa shape index (κ1) is 7.96. The van der Waals surface area contributed by atoms with E-state index in [1.165, 1.54) is 11.1 Å². The Bertz CT molecular complexity index is 171. The second-order valence-electron chi connectivity index (χ2n) is 1.90. The van der Waals surface area contributed by atoms with Crippen LogP contribution in [0.15, 0.2) is 12.2 Å². The summed E-state index contributed by atoms with van der Waals surface area (Å²) in [5.74, 6) is -0.0651. The fourth-order valence-electron chi connectivity index (χ4n) is 0.629. The molecule has 4 nitrogen and oxygen atoms in total. The molecule has 1 rings (SSSR count). The van der Waals surface area contributed by atoms with Crippen molar-refractivity contribution in [3.05, 3.63) is 12.2 Å². The molecule has 0 aromatic carbocycles. The molecule has 0 aliphatic carbocycles. The molecular weight excluding hydrogens is 247 g/mol. The molecule has 56 valence electrons. The first-order valence-corrected chi connectivity index (χ1v) is 3.61. The average Bonchev–Trinajstić information content (AvgIpc) is 1.95. The smallest absolute Gasteiger partial charge is 0.260 e. The molecule has 1 atom stereocenters. The van der Waals surface area contributed by atoms with Gasteiger partial charge in [-0.05, 0) is 6.08 Å². The van der Waals surface area contributed by atoms with Gasteiger partial charge in [0.05, 0.1) is 0 Å². The normalized spacial score (nSPS) is 25.6. The topological polar surface area (TPSA) is 41.6 Å². The molecule has 0 saturated carbocycles. The lowest BCUT2D eigenvalue weighted by Gasteiger charge is -2.24. The molecule has 1 aliphatic heterocycles. The zero-order valence-electron chi connectivity index (χ0n) is 5.37.